The number of hydrogen-bond donors (Lipinski definition) is 2. The fourth-order valence-corrected chi connectivity index (χ4v) is 5.12. The minimum absolute atomic E-state index is 0.166. The van der Waals surface area contributed by atoms with Gasteiger partial charge in [0.05, 0.1) is 12.1 Å². The Labute approximate surface area is 224 Å². The van der Waals surface area contributed by atoms with Crippen LogP contribution in [-0.4, -0.2) is 47.8 Å². The van der Waals surface area contributed by atoms with E-state index in [0.29, 0.717) is 23.8 Å². The number of rotatable bonds is 8. The molecular weight excluding hydrogens is 474 g/mol. The molecule has 0 saturated carbocycles. The number of methoxy groups -OCH3 is 1. The molecule has 7 heteroatoms. The third-order valence-electron chi connectivity index (χ3n) is 7.55. The van der Waals surface area contributed by atoms with E-state index in [-0.39, 0.29) is 5.91 Å². The monoisotopic (exact) mass is 511 g/mol. The van der Waals surface area contributed by atoms with Gasteiger partial charge < -0.3 is 24.8 Å². The second-order valence-corrected chi connectivity index (χ2v) is 10.7. The zero-order chi connectivity index (χ0) is 26.7. The van der Waals surface area contributed by atoms with Crippen molar-refractivity contribution in [1.29, 1.82) is 0 Å². The van der Waals surface area contributed by atoms with E-state index < -0.39 is 5.60 Å². The summed E-state index contributed by atoms with van der Waals surface area (Å²) >= 11 is 0. The second-order valence-electron chi connectivity index (χ2n) is 10.7. The van der Waals surface area contributed by atoms with Crippen molar-refractivity contribution in [2.24, 2.45) is 7.05 Å². The van der Waals surface area contributed by atoms with Crippen molar-refractivity contribution in [2.75, 3.05) is 37.0 Å². The number of amides is 1. The molecule has 1 aliphatic heterocycles. The van der Waals surface area contributed by atoms with Gasteiger partial charge in [-0.1, -0.05) is 12.1 Å². The third-order valence-corrected chi connectivity index (χ3v) is 7.55. The van der Waals surface area contributed by atoms with E-state index in [0.717, 1.165) is 37.3 Å². The Morgan fingerprint density at radius 1 is 1.08 bits per heavy atom. The van der Waals surface area contributed by atoms with Gasteiger partial charge in [-0.25, -0.2) is 4.98 Å². The quantitative estimate of drug-likeness (QED) is 0.310. The van der Waals surface area contributed by atoms with Crippen molar-refractivity contribution in [3.8, 4) is 0 Å². The molecule has 1 fully saturated rings. The highest BCUT2D eigenvalue weighted by molar-refractivity contribution is 6.04. The van der Waals surface area contributed by atoms with Crippen molar-refractivity contribution < 1.29 is 9.53 Å². The number of benzene rings is 2. The van der Waals surface area contributed by atoms with E-state index in [9.17, 15) is 4.79 Å². The van der Waals surface area contributed by atoms with Crippen LogP contribution in [0.4, 0.5) is 17.2 Å². The maximum atomic E-state index is 13.1. The van der Waals surface area contributed by atoms with E-state index in [2.05, 4.69) is 81.5 Å². The lowest BCUT2D eigenvalue weighted by Crippen LogP contribution is -2.37. The van der Waals surface area contributed by atoms with Crippen LogP contribution in [0, 0.1) is 0 Å². The summed E-state index contributed by atoms with van der Waals surface area (Å²) in [6.45, 7) is 6.85. The fraction of sp³-hybridized carbons (Fsp3) is 0.355. The van der Waals surface area contributed by atoms with Gasteiger partial charge >= 0.3 is 0 Å². The molecule has 1 aliphatic rings. The first-order chi connectivity index (χ1) is 18.3. The van der Waals surface area contributed by atoms with Crippen LogP contribution in [-0.2, 0) is 11.8 Å². The number of carbonyl (C=O) groups excluding carboxylic acids is 1. The molecule has 1 amide bonds. The maximum Gasteiger partial charge on any atom is 0.256 e. The molecule has 0 bridgehead atoms. The number of pyridine rings is 1. The summed E-state index contributed by atoms with van der Waals surface area (Å²) in [4.78, 5) is 19.7. The molecule has 0 atom stereocenters. The highest BCUT2D eigenvalue weighted by Crippen LogP contribution is 2.32. The van der Waals surface area contributed by atoms with Gasteiger partial charge in [-0.05, 0) is 93.7 Å². The van der Waals surface area contributed by atoms with Gasteiger partial charge in [0, 0.05) is 60.5 Å². The van der Waals surface area contributed by atoms with E-state index >= 15 is 0 Å². The molecule has 0 spiro atoms. The largest absolute Gasteiger partial charge is 0.377 e. The van der Waals surface area contributed by atoms with Crippen LogP contribution in [0.15, 0.2) is 73.1 Å². The molecule has 2 N–H and O–H groups in total. The maximum absolute atomic E-state index is 13.1. The number of piperidine rings is 1. The van der Waals surface area contributed by atoms with E-state index in [4.69, 9.17) is 4.74 Å². The van der Waals surface area contributed by atoms with Crippen LogP contribution >= 0.6 is 0 Å². The van der Waals surface area contributed by atoms with Crippen molar-refractivity contribution in [1.82, 2.24) is 14.9 Å². The summed E-state index contributed by atoms with van der Waals surface area (Å²) in [5.74, 6) is 0.904. The summed E-state index contributed by atoms with van der Waals surface area (Å²) < 4.78 is 7.89. The highest BCUT2D eigenvalue weighted by Gasteiger charge is 2.24. The van der Waals surface area contributed by atoms with E-state index in [1.807, 2.05) is 31.3 Å². The van der Waals surface area contributed by atoms with Crippen LogP contribution < -0.4 is 15.5 Å². The Hall–Kier alpha value is -3.68. The van der Waals surface area contributed by atoms with Gasteiger partial charge in [-0.2, -0.15) is 0 Å². The first kappa shape index (κ1) is 25.9. The van der Waals surface area contributed by atoms with Crippen LogP contribution in [0.5, 0.6) is 0 Å². The van der Waals surface area contributed by atoms with Crippen LogP contribution in [0.25, 0.3) is 10.9 Å². The SMILES string of the molecule is COC(C)(C)CN(c1ccnc(NC(=O)c2ccc(C3CCNCC3)cc2)c1)c1ccc2c(ccn2C)c1. The molecule has 1 saturated heterocycles. The van der Waals surface area contributed by atoms with Crippen molar-refractivity contribution in [2.45, 2.75) is 38.2 Å². The normalized spacial score (nSPS) is 14.5. The first-order valence-electron chi connectivity index (χ1n) is 13.3. The summed E-state index contributed by atoms with van der Waals surface area (Å²) in [6, 6.07) is 20.4. The topological polar surface area (TPSA) is 71.4 Å². The number of aromatic nitrogens is 2. The van der Waals surface area contributed by atoms with Crippen molar-refractivity contribution in [3.05, 3.63) is 84.2 Å². The average molecular weight is 512 g/mol. The Morgan fingerprint density at radius 2 is 1.82 bits per heavy atom. The van der Waals surface area contributed by atoms with Crippen LogP contribution in [0.3, 0.4) is 0 Å². The first-order valence-corrected chi connectivity index (χ1v) is 13.3. The lowest BCUT2D eigenvalue weighted by atomic mass is 9.90. The standard InChI is InChI=1S/C31H37N5O2/c1-31(2,38-4)21-36(26-9-10-28-25(19-26)14-18-35(28)3)27-13-17-33-29(20-27)34-30(37)24-7-5-22(6-8-24)23-11-15-32-16-12-23/h5-10,13-14,17-20,23,32H,11-12,15-16,21H2,1-4H3,(H,33,34,37). The van der Waals surface area contributed by atoms with Gasteiger partial charge in [0.15, 0.2) is 0 Å². The van der Waals surface area contributed by atoms with Gasteiger partial charge in [0.1, 0.15) is 5.82 Å². The third kappa shape index (κ3) is 5.74. The Morgan fingerprint density at radius 3 is 2.55 bits per heavy atom. The number of nitrogens with zero attached hydrogens (tertiary/aromatic N) is 3. The minimum Gasteiger partial charge on any atom is -0.377 e. The molecule has 2 aromatic heterocycles. The molecule has 0 radical (unpaired) electrons. The van der Waals surface area contributed by atoms with Gasteiger partial charge in [0.25, 0.3) is 5.91 Å². The minimum atomic E-state index is -0.394. The number of carbonyl (C=O) groups is 1. The predicted octanol–water partition coefficient (Wildman–Crippen LogP) is 5.86. The number of nitrogens with one attached hydrogen (secondary N) is 2. The van der Waals surface area contributed by atoms with Crippen LogP contribution in [0.1, 0.15) is 48.5 Å². The lowest BCUT2D eigenvalue weighted by Gasteiger charge is -2.33. The molecule has 3 heterocycles. The summed E-state index contributed by atoms with van der Waals surface area (Å²) in [5.41, 5.74) is 4.68. The smallest absolute Gasteiger partial charge is 0.256 e. The molecule has 2 aromatic carbocycles. The van der Waals surface area contributed by atoms with Crippen molar-refractivity contribution in [3.63, 3.8) is 0 Å². The number of anilines is 3. The fourth-order valence-electron chi connectivity index (χ4n) is 5.12. The Balaban J connectivity index is 1.38. The van der Waals surface area contributed by atoms with Gasteiger partial charge in [0.2, 0.25) is 0 Å². The number of hydrogen-bond acceptors (Lipinski definition) is 5. The molecule has 7 nitrogen and oxygen atoms in total. The number of aryl methyl sites for hydroxylation is 1. The summed E-state index contributed by atoms with van der Waals surface area (Å²) in [7, 11) is 3.78. The highest BCUT2D eigenvalue weighted by atomic mass is 16.5. The zero-order valence-electron chi connectivity index (χ0n) is 22.7. The van der Waals surface area contributed by atoms with Crippen molar-refractivity contribution >= 4 is 34.0 Å². The average Bonchev–Trinajstić information content (AvgIpc) is 3.32. The van der Waals surface area contributed by atoms with Crippen LogP contribution in [0.2, 0.25) is 0 Å². The zero-order valence-corrected chi connectivity index (χ0v) is 22.7. The molecule has 5 rings (SSSR count). The molecular formula is C31H37N5O2. The molecule has 38 heavy (non-hydrogen) atoms. The van der Waals surface area contributed by atoms with E-state index in [1.165, 1.54) is 16.5 Å². The molecule has 0 unspecified atom stereocenters. The molecule has 4 aromatic rings. The summed E-state index contributed by atoms with van der Waals surface area (Å²) in [5, 5.41) is 7.57. The Kier molecular flexibility index (Phi) is 7.49. The molecule has 0 aliphatic carbocycles. The second kappa shape index (κ2) is 11.0. The summed E-state index contributed by atoms with van der Waals surface area (Å²) in [6.07, 6.45) is 6.07. The van der Waals surface area contributed by atoms with Gasteiger partial charge in [-0.15, -0.1) is 0 Å². The molecule has 198 valence electrons. The number of fused-ring (bicyclic) bond motifs is 1. The number of ether oxygens (including phenoxy) is 1. The lowest BCUT2D eigenvalue weighted by molar-refractivity contribution is 0.0308. The van der Waals surface area contributed by atoms with E-state index in [1.54, 1.807) is 13.3 Å². The van der Waals surface area contributed by atoms with Gasteiger partial charge in [-0.3, -0.25) is 4.79 Å². The Bertz CT molecular complexity index is 1400. The predicted molar refractivity (Wildman–Crippen MR) is 154 cm³/mol.